The molecule has 0 amide bonds. The van der Waals surface area contributed by atoms with Crippen LogP contribution in [0.5, 0.6) is 11.8 Å². The molecule has 6 heteroatoms. The first-order chi connectivity index (χ1) is 13.5. The second-order valence-electron chi connectivity index (χ2n) is 6.82. The molecule has 0 aliphatic carbocycles. The molecule has 140 valence electrons. The smallest absolute Gasteiger partial charge is 0.300 e. The van der Waals surface area contributed by atoms with Gasteiger partial charge in [0.15, 0.2) is 6.10 Å². The van der Waals surface area contributed by atoms with E-state index in [0.717, 1.165) is 16.7 Å². The van der Waals surface area contributed by atoms with Crippen LogP contribution in [-0.4, -0.2) is 22.3 Å². The van der Waals surface area contributed by atoms with Gasteiger partial charge in [-0.15, -0.1) is 0 Å². The number of hydrogen-bond donors (Lipinski definition) is 0. The standard InChI is InChI=1S/C22H19N3O3/c1-14-4-3-5-19(15(14)2)20-7-6-17(10-16(20)11-23)27-13-18-12-25-9-8-21(26)24-22(25)28-18/h3-10,18H,12-13H2,1-2H3/t18-/m0/s1. The molecule has 0 radical (unpaired) electrons. The molecule has 6 nitrogen and oxygen atoms in total. The Morgan fingerprint density at radius 1 is 1.25 bits per heavy atom. The molecule has 28 heavy (non-hydrogen) atoms. The zero-order valence-corrected chi connectivity index (χ0v) is 15.7. The molecule has 0 bridgehead atoms. The maximum atomic E-state index is 11.3. The maximum Gasteiger partial charge on any atom is 0.300 e. The van der Waals surface area contributed by atoms with Crippen LogP contribution in [0.3, 0.4) is 0 Å². The highest BCUT2D eigenvalue weighted by molar-refractivity contribution is 5.74. The van der Waals surface area contributed by atoms with Crippen molar-refractivity contribution in [2.75, 3.05) is 6.61 Å². The number of nitriles is 1. The Hall–Kier alpha value is -3.59. The average Bonchev–Trinajstić information content (AvgIpc) is 3.10. The lowest BCUT2D eigenvalue weighted by Gasteiger charge is -2.14. The highest BCUT2D eigenvalue weighted by Gasteiger charge is 2.23. The van der Waals surface area contributed by atoms with Gasteiger partial charge in [0, 0.05) is 12.3 Å². The molecule has 0 unspecified atom stereocenters. The van der Waals surface area contributed by atoms with Crippen molar-refractivity contribution in [2.24, 2.45) is 0 Å². The summed E-state index contributed by atoms with van der Waals surface area (Å²) in [5.41, 5.74) is 4.53. The van der Waals surface area contributed by atoms with E-state index in [-0.39, 0.29) is 11.7 Å². The molecular weight excluding hydrogens is 354 g/mol. The lowest BCUT2D eigenvalue weighted by atomic mass is 9.94. The summed E-state index contributed by atoms with van der Waals surface area (Å²) in [4.78, 5) is 15.1. The Morgan fingerprint density at radius 3 is 2.93 bits per heavy atom. The van der Waals surface area contributed by atoms with Crippen LogP contribution in [0.2, 0.25) is 0 Å². The topological polar surface area (TPSA) is 77.1 Å². The van der Waals surface area contributed by atoms with Crippen molar-refractivity contribution in [1.82, 2.24) is 9.55 Å². The molecule has 0 fully saturated rings. The Labute approximate surface area is 162 Å². The number of aryl methyl sites for hydroxylation is 1. The van der Waals surface area contributed by atoms with Gasteiger partial charge < -0.3 is 9.47 Å². The van der Waals surface area contributed by atoms with Gasteiger partial charge in [-0.25, -0.2) is 0 Å². The van der Waals surface area contributed by atoms with Crippen LogP contribution in [0.4, 0.5) is 0 Å². The van der Waals surface area contributed by atoms with Crippen molar-refractivity contribution < 1.29 is 9.47 Å². The van der Waals surface area contributed by atoms with Crippen LogP contribution in [0.15, 0.2) is 53.5 Å². The van der Waals surface area contributed by atoms with Gasteiger partial charge in [0.2, 0.25) is 0 Å². The molecule has 1 aliphatic rings. The average molecular weight is 373 g/mol. The molecule has 1 aromatic heterocycles. The van der Waals surface area contributed by atoms with Crippen LogP contribution in [0.25, 0.3) is 11.1 Å². The molecule has 2 heterocycles. The summed E-state index contributed by atoms with van der Waals surface area (Å²) in [5, 5.41) is 9.62. The number of aromatic nitrogens is 2. The number of fused-ring (bicyclic) bond motifs is 1. The van der Waals surface area contributed by atoms with Crippen molar-refractivity contribution in [3.05, 3.63) is 75.7 Å². The number of hydrogen-bond acceptors (Lipinski definition) is 5. The fraction of sp³-hybridized carbons (Fsp3) is 0.227. The van der Waals surface area contributed by atoms with E-state index in [4.69, 9.17) is 9.47 Å². The normalized spacial score (nSPS) is 14.8. The second kappa shape index (κ2) is 7.20. The predicted octanol–water partition coefficient (Wildman–Crippen LogP) is 3.24. The first-order valence-corrected chi connectivity index (χ1v) is 9.03. The van der Waals surface area contributed by atoms with E-state index in [2.05, 4.69) is 31.0 Å². The zero-order chi connectivity index (χ0) is 19.7. The van der Waals surface area contributed by atoms with Crippen LogP contribution in [-0.2, 0) is 6.54 Å². The predicted molar refractivity (Wildman–Crippen MR) is 104 cm³/mol. The van der Waals surface area contributed by atoms with Crippen molar-refractivity contribution >= 4 is 0 Å². The third kappa shape index (κ3) is 3.35. The lowest BCUT2D eigenvalue weighted by molar-refractivity contribution is 0.143. The number of benzene rings is 2. The molecule has 0 N–H and O–H groups in total. The van der Waals surface area contributed by atoms with E-state index in [1.165, 1.54) is 11.6 Å². The summed E-state index contributed by atoms with van der Waals surface area (Å²) in [5.74, 6) is 0.604. The number of nitrogens with zero attached hydrogens (tertiary/aromatic N) is 3. The maximum absolute atomic E-state index is 11.3. The van der Waals surface area contributed by atoms with E-state index in [1.807, 2.05) is 24.3 Å². The fourth-order valence-corrected chi connectivity index (χ4v) is 3.31. The Balaban J connectivity index is 1.50. The highest BCUT2D eigenvalue weighted by Crippen LogP contribution is 2.31. The van der Waals surface area contributed by atoms with Crippen LogP contribution in [0.1, 0.15) is 16.7 Å². The van der Waals surface area contributed by atoms with E-state index >= 15 is 0 Å². The molecule has 3 aromatic rings. The minimum Gasteiger partial charge on any atom is -0.490 e. The molecule has 4 rings (SSSR count). The van der Waals surface area contributed by atoms with E-state index in [9.17, 15) is 10.1 Å². The summed E-state index contributed by atoms with van der Waals surface area (Å²) < 4.78 is 13.3. The van der Waals surface area contributed by atoms with Gasteiger partial charge in [-0.3, -0.25) is 9.36 Å². The third-order valence-corrected chi connectivity index (χ3v) is 4.96. The Bertz CT molecular complexity index is 1140. The monoisotopic (exact) mass is 373 g/mol. The summed E-state index contributed by atoms with van der Waals surface area (Å²) in [6.45, 7) is 4.98. The zero-order valence-electron chi connectivity index (χ0n) is 15.7. The molecule has 0 spiro atoms. The fourth-order valence-electron chi connectivity index (χ4n) is 3.31. The molecule has 2 aromatic carbocycles. The van der Waals surface area contributed by atoms with Gasteiger partial charge in [-0.2, -0.15) is 10.2 Å². The summed E-state index contributed by atoms with van der Waals surface area (Å²) in [6.07, 6.45) is 1.43. The summed E-state index contributed by atoms with van der Waals surface area (Å²) >= 11 is 0. The van der Waals surface area contributed by atoms with Gasteiger partial charge in [-0.1, -0.05) is 18.2 Å². The largest absolute Gasteiger partial charge is 0.490 e. The highest BCUT2D eigenvalue weighted by atomic mass is 16.6. The minimum absolute atomic E-state index is 0.237. The van der Waals surface area contributed by atoms with Crippen LogP contribution in [0, 0.1) is 25.2 Å². The SMILES string of the molecule is Cc1cccc(-c2ccc(OC[C@@H]3Cn4ccc(=O)nc4O3)cc2C#N)c1C. The molecule has 0 saturated heterocycles. The molecule has 1 atom stereocenters. The first kappa shape index (κ1) is 17.8. The lowest BCUT2D eigenvalue weighted by Crippen LogP contribution is -2.23. The number of rotatable bonds is 4. The van der Waals surface area contributed by atoms with Gasteiger partial charge in [0.1, 0.15) is 12.4 Å². The van der Waals surface area contributed by atoms with Crippen molar-refractivity contribution in [3.8, 4) is 29.0 Å². The van der Waals surface area contributed by atoms with Crippen molar-refractivity contribution in [3.63, 3.8) is 0 Å². The van der Waals surface area contributed by atoms with Crippen molar-refractivity contribution in [1.29, 1.82) is 5.26 Å². The van der Waals surface area contributed by atoms with Crippen LogP contribution >= 0.6 is 0 Å². The number of ether oxygens (including phenoxy) is 2. The van der Waals surface area contributed by atoms with Crippen LogP contribution < -0.4 is 15.0 Å². The minimum atomic E-state index is -0.325. The van der Waals surface area contributed by atoms with Gasteiger partial charge in [0.25, 0.3) is 11.6 Å². The molecular formula is C22H19N3O3. The Kier molecular flexibility index (Phi) is 4.58. The van der Waals surface area contributed by atoms with Gasteiger partial charge in [0.05, 0.1) is 18.2 Å². The van der Waals surface area contributed by atoms with E-state index < -0.39 is 0 Å². The molecule has 0 saturated carbocycles. The van der Waals surface area contributed by atoms with Crippen molar-refractivity contribution in [2.45, 2.75) is 26.5 Å². The third-order valence-electron chi connectivity index (χ3n) is 4.96. The summed E-state index contributed by atoms with van der Waals surface area (Å²) in [7, 11) is 0. The van der Waals surface area contributed by atoms with Gasteiger partial charge in [-0.05, 0) is 54.3 Å². The molecule has 1 aliphatic heterocycles. The second-order valence-corrected chi connectivity index (χ2v) is 6.82. The summed E-state index contributed by atoms with van der Waals surface area (Å²) in [6, 6.07) is 15.6. The van der Waals surface area contributed by atoms with E-state index in [1.54, 1.807) is 16.8 Å². The Morgan fingerprint density at radius 2 is 2.11 bits per heavy atom. The quantitative estimate of drug-likeness (QED) is 0.702. The van der Waals surface area contributed by atoms with Gasteiger partial charge >= 0.3 is 0 Å². The first-order valence-electron chi connectivity index (χ1n) is 9.03. The van der Waals surface area contributed by atoms with E-state index in [0.29, 0.717) is 30.5 Å².